The Balaban J connectivity index is 2.60. The van der Waals surface area contributed by atoms with Crippen LogP contribution in [0.25, 0.3) is 11.0 Å². The zero-order chi connectivity index (χ0) is 16.3. The molecule has 0 spiro atoms. The Kier molecular flexibility index (Phi) is 4.62. The number of ether oxygens (including phenoxy) is 2. The van der Waals surface area contributed by atoms with Crippen LogP contribution in [0.4, 0.5) is 4.79 Å². The number of benzene rings is 1. The SMILES string of the molecule is CCOC(=O)Oc1cccc2c(=O)n(CC(=O)Cl)c(=O)oc12. The number of aromatic nitrogens is 1. The van der Waals surface area contributed by atoms with Crippen molar-refractivity contribution in [2.45, 2.75) is 13.5 Å². The van der Waals surface area contributed by atoms with Crippen LogP contribution in [0.3, 0.4) is 0 Å². The largest absolute Gasteiger partial charge is 0.513 e. The Bertz CT molecular complexity index is 852. The summed E-state index contributed by atoms with van der Waals surface area (Å²) in [4.78, 5) is 46.1. The summed E-state index contributed by atoms with van der Waals surface area (Å²) in [5.74, 6) is -1.24. The van der Waals surface area contributed by atoms with Crippen LogP contribution in [0.5, 0.6) is 5.75 Å². The second-order valence-corrected chi connectivity index (χ2v) is 4.45. The Hall–Kier alpha value is -2.61. The lowest BCUT2D eigenvalue weighted by atomic mass is 10.2. The standard InChI is InChI=1S/C13H10ClNO7/c1-2-20-13(19)21-8-5-3-4-7-10(8)22-12(18)15(11(7)17)6-9(14)16/h3-5H,2,6H2,1H3. The van der Waals surface area contributed by atoms with Crippen molar-refractivity contribution in [2.75, 3.05) is 6.61 Å². The Morgan fingerprint density at radius 2 is 2.05 bits per heavy atom. The molecule has 0 radical (unpaired) electrons. The summed E-state index contributed by atoms with van der Waals surface area (Å²) >= 11 is 5.18. The molecule has 116 valence electrons. The van der Waals surface area contributed by atoms with Crippen LogP contribution in [0.15, 0.2) is 32.2 Å². The quantitative estimate of drug-likeness (QED) is 0.473. The van der Waals surface area contributed by atoms with E-state index in [4.69, 9.17) is 20.8 Å². The molecule has 0 fully saturated rings. The van der Waals surface area contributed by atoms with Gasteiger partial charge in [0.1, 0.15) is 6.54 Å². The molecular formula is C13H10ClNO7. The number of halogens is 1. The van der Waals surface area contributed by atoms with Gasteiger partial charge in [0.15, 0.2) is 11.3 Å². The minimum atomic E-state index is -1.09. The molecule has 0 aliphatic carbocycles. The van der Waals surface area contributed by atoms with Gasteiger partial charge in [-0.25, -0.2) is 14.2 Å². The number of hydrogen-bond acceptors (Lipinski definition) is 7. The normalized spacial score (nSPS) is 10.5. The van der Waals surface area contributed by atoms with E-state index in [0.717, 1.165) is 0 Å². The minimum absolute atomic E-state index is 0.0423. The van der Waals surface area contributed by atoms with E-state index in [9.17, 15) is 19.2 Å². The van der Waals surface area contributed by atoms with Crippen molar-refractivity contribution in [2.24, 2.45) is 0 Å². The smallest absolute Gasteiger partial charge is 0.434 e. The number of fused-ring (bicyclic) bond motifs is 1. The first-order chi connectivity index (χ1) is 10.4. The first kappa shape index (κ1) is 15.8. The van der Waals surface area contributed by atoms with Crippen LogP contribution in [0.2, 0.25) is 0 Å². The molecule has 0 amide bonds. The monoisotopic (exact) mass is 327 g/mol. The predicted molar refractivity (Wildman–Crippen MR) is 75.3 cm³/mol. The Morgan fingerprint density at radius 1 is 1.32 bits per heavy atom. The van der Waals surface area contributed by atoms with Crippen LogP contribution in [-0.4, -0.2) is 22.6 Å². The average Bonchev–Trinajstić information content (AvgIpc) is 2.44. The van der Waals surface area contributed by atoms with Crippen molar-refractivity contribution in [1.29, 1.82) is 0 Å². The molecule has 9 heteroatoms. The highest BCUT2D eigenvalue weighted by Crippen LogP contribution is 2.22. The molecule has 0 bridgehead atoms. The molecule has 0 saturated heterocycles. The zero-order valence-electron chi connectivity index (χ0n) is 11.3. The summed E-state index contributed by atoms with van der Waals surface area (Å²) in [6, 6.07) is 4.11. The predicted octanol–water partition coefficient (Wildman–Crippen LogP) is 1.26. The van der Waals surface area contributed by atoms with Gasteiger partial charge in [0.25, 0.3) is 5.56 Å². The Labute approximate surface area is 127 Å². The van der Waals surface area contributed by atoms with Gasteiger partial charge in [0, 0.05) is 0 Å². The summed E-state index contributed by atoms with van der Waals surface area (Å²) < 4.78 is 15.0. The second-order valence-electron chi connectivity index (χ2n) is 4.03. The van der Waals surface area contributed by atoms with Crippen LogP contribution in [0, 0.1) is 0 Å². The zero-order valence-corrected chi connectivity index (χ0v) is 12.1. The maximum Gasteiger partial charge on any atom is 0.513 e. The maximum absolute atomic E-state index is 12.2. The van der Waals surface area contributed by atoms with E-state index in [1.54, 1.807) is 6.92 Å². The third kappa shape index (κ3) is 3.17. The van der Waals surface area contributed by atoms with Gasteiger partial charge in [-0.15, -0.1) is 0 Å². The number of nitrogens with zero attached hydrogens (tertiary/aromatic N) is 1. The highest BCUT2D eigenvalue weighted by atomic mass is 35.5. The van der Waals surface area contributed by atoms with E-state index in [0.29, 0.717) is 4.57 Å². The molecule has 0 saturated carbocycles. The summed E-state index contributed by atoms with van der Waals surface area (Å²) in [6.07, 6.45) is -1.00. The van der Waals surface area contributed by atoms with Crippen molar-refractivity contribution in [3.8, 4) is 5.75 Å². The van der Waals surface area contributed by atoms with Crippen LogP contribution in [0.1, 0.15) is 6.92 Å². The van der Waals surface area contributed by atoms with Crippen LogP contribution in [-0.2, 0) is 16.1 Å². The van der Waals surface area contributed by atoms with Crippen molar-refractivity contribution < 1.29 is 23.5 Å². The highest BCUT2D eigenvalue weighted by molar-refractivity contribution is 6.63. The van der Waals surface area contributed by atoms with Gasteiger partial charge >= 0.3 is 11.9 Å². The molecule has 8 nitrogen and oxygen atoms in total. The number of hydrogen-bond donors (Lipinski definition) is 0. The van der Waals surface area contributed by atoms with E-state index < -0.39 is 29.3 Å². The molecule has 0 N–H and O–H groups in total. The van der Waals surface area contributed by atoms with Gasteiger partial charge < -0.3 is 13.9 Å². The Morgan fingerprint density at radius 3 is 2.68 bits per heavy atom. The fourth-order valence-electron chi connectivity index (χ4n) is 1.74. The molecule has 0 unspecified atom stereocenters. The third-order valence-electron chi connectivity index (χ3n) is 2.60. The molecule has 1 heterocycles. The third-order valence-corrected chi connectivity index (χ3v) is 2.72. The highest BCUT2D eigenvalue weighted by Gasteiger charge is 2.17. The lowest BCUT2D eigenvalue weighted by Gasteiger charge is -2.07. The van der Waals surface area contributed by atoms with Crippen molar-refractivity contribution in [3.05, 3.63) is 39.1 Å². The fraction of sp³-hybridized carbons (Fsp3) is 0.231. The molecule has 2 aromatic rings. The van der Waals surface area contributed by atoms with Gasteiger partial charge in [0.05, 0.1) is 12.0 Å². The number of rotatable bonds is 4. The molecule has 0 atom stereocenters. The van der Waals surface area contributed by atoms with Gasteiger partial charge in [0.2, 0.25) is 5.24 Å². The van der Waals surface area contributed by atoms with Crippen LogP contribution < -0.4 is 16.1 Å². The van der Waals surface area contributed by atoms with Gasteiger partial charge in [-0.2, -0.15) is 0 Å². The first-order valence-corrected chi connectivity index (χ1v) is 6.51. The average molecular weight is 328 g/mol. The number of carbonyl (C=O) groups is 2. The van der Waals surface area contributed by atoms with Gasteiger partial charge in [-0.05, 0) is 30.7 Å². The fourth-order valence-corrected chi connectivity index (χ4v) is 1.86. The molecule has 1 aromatic carbocycles. The maximum atomic E-state index is 12.2. The molecule has 2 rings (SSSR count). The van der Waals surface area contributed by atoms with E-state index >= 15 is 0 Å². The first-order valence-electron chi connectivity index (χ1n) is 6.13. The molecule has 0 aliphatic heterocycles. The number of carbonyl (C=O) groups excluding carboxylic acids is 2. The van der Waals surface area contributed by atoms with Crippen molar-refractivity contribution in [1.82, 2.24) is 4.57 Å². The summed E-state index contributed by atoms with van der Waals surface area (Å²) in [5, 5.41) is -0.938. The lowest BCUT2D eigenvalue weighted by Crippen LogP contribution is -2.34. The molecule has 1 aromatic heterocycles. The number of para-hydroxylation sites is 1. The molecule has 22 heavy (non-hydrogen) atoms. The molecular weight excluding hydrogens is 318 g/mol. The second kappa shape index (κ2) is 6.44. The lowest BCUT2D eigenvalue weighted by molar-refractivity contribution is -0.112. The van der Waals surface area contributed by atoms with Crippen molar-refractivity contribution in [3.63, 3.8) is 0 Å². The summed E-state index contributed by atoms with van der Waals surface area (Å²) in [7, 11) is 0. The summed E-state index contributed by atoms with van der Waals surface area (Å²) in [6.45, 7) is 1.06. The topological polar surface area (TPSA) is 105 Å². The van der Waals surface area contributed by atoms with E-state index in [-0.39, 0.29) is 23.3 Å². The van der Waals surface area contributed by atoms with E-state index in [2.05, 4.69) is 4.74 Å². The molecule has 0 aliphatic rings. The van der Waals surface area contributed by atoms with Gasteiger partial charge in [-0.1, -0.05) is 6.07 Å². The summed E-state index contributed by atoms with van der Waals surface area (Å²) in [5.41, 5.74) is -1.00. The van der Waals surface area contributed by atoms with Gasteiger partial charge in [-0.3, -0.25) is 9.59 Å². The van der Waals surface area contributed by atoms with Crippen molar-refractivity contribution >= 4 is 34.0 Å². The van der Waals surface area contributed by atoms with E-state index in [1.165, 1.54) is 18.2 Å². The minimum Gasteiger partial charge on any atom is -0.434 e. The van der Waals surface area contributed by atoms with E-state index in [1.807, 2.05) is 0 Å². The van der Waals surface area contributed by atoms with Crippen LogP contribution >= 0.6 is 11.6 Å².